The van der Waals surface area contributed by atoms with Crippen LogP contribution in [0.25, 0.3) is 0 Å². The summed E-state index contributed by atoms with van der Waals surface area (Å²) in [6, 6.07) is 3.52. The minimum absolute atomic E-state index is 0.0110. The molecular weight excluding hydrogens is 290 g/mol. The number of hydrogen-bond donors (Lipinski definition) is 0. The molecule has 0 unspecified atom stereocenters. The van der Waals surface area contributed by atoms with Crippen LogP contribution in [0.5, 0.6) is 0 Å². The second-order valence-electron chi connectivity index (χ2n) is 6.08. The van der Waals surface area contributed by atoms with Crippen molar-refractivity contribution >= 4 is 11.8 Å². The molecule has 3 saturated heterocycles. The highest BCUT2D eigenvalue weighted by atomic mass is 19.2. The second kappa shape index (κ2) is 5.66. The summed E-state index contributed by atoms with van der Waals surface area (Å²) < 4.78 is 27.2. The van der Waals surface area contributed by atoms with Crippen LogP contribution in [-0.4, -0.2) is 47.3 Å². The molecule has 2 amide bonds. The van der Waals surface area contributed by atoms with Crippen molar-refractivity contribution in [1.29, 1.82) is 0 Å². The van der Waals surface area contributed by atoms with Crippen molar-refractivity contribution in [3.63, 3.8) is 0 Å². The van der Waals surface area contributed by atoms with Gasteiger partial charge < -0.3 is 9.80 Å². The zero-order chi connectivity index (χ0) is 15.9. The molecule has 4 nitrogen and oxygen atoms in total. The molecule has 3 fully saturated rings. The highest BCUT2D eigenvalue weighted by Gasteiger charge is 2.38. The number of nitrogens with zero attached hydrogens (tertiary/aromatic N) is 2. The lowest BCUT2D eigenvalue weighted by Crippen LogP contribution is -2.47. The Hall–Kier alpha value is -1.98. The lowest BCUT2D eigenvalue weighted by Gasteiger charge is -2.36. The number of halogens is 2. The fourth-order valence-corrected chi connectivity index (χ4v) is 3.41. The summed E-state index contributed by atoms with van der Waals surface area (Å²) in [6.45, 7) is 3.10. The van der Waals surface area contributed by atoms with E-state index in [1.54, 1.807) is 9.80 Å². The van der Waals surface area contributed by atoms with Crippen LogP contribution in [0.15, 0.2) is 18.2 Å². The lowest BCUT2D eigenvalue weighted by atomic mass is 9.94. The fraction of sp³-hybridized carbons (Fsp3) is 0.500. The largest absolute Gasteiger partial charge is 0.341 e. The maximum Gasteiger partial charge on any atom is 0.257 e. The molecule has 1 aromatic carbocycles. The van der Waals surface area contributed by atoms with Gasteiger partial charge in [-0.15, -0.1) is 0 Å². The number of carbonyl (C=O) groups excluding carboxylic acids is 2. The van der Waals surface area contributed by atoms with Crippen molar-refractivity contribution in [2.45, 2.75) is 25.8 Å². The predicted molar refractivity (Wildman–Crippen MR) is 76.2 cm³/mol. The Morgan fingerprint density at radius 3 is 2.64 bits per heavy atom. The van der Waals surface area contributed by atoms with E-state index in [4.69, 9.17) is 0 Å². The normalized spacial score (nSPS) is 24.3. The standard InChI is InChI=1S/C16H18F2N2O2/c1-10(21)19-7-11-5-6-12(9-19)20(8-11)16(22)13-3-2-4-14(17)15(13)18/h2-4,11-12H,5-9H2,1H3/t11-,12+/m1/s1. The summed E-state index contributed by atoms with van der Waals surface area (Å²) >= 11 is 0. The monoisotopic (exact) mass is 308 g/mol. The van der Waals surface area contributed by atoms with Crippen molar-refractivity contribution in [3.8, 4) is 0 Å². The van der Waals surface area contributed by atoms with Gasteiger partial charge in [0.25, 0.3) is 5.91 Å². The molecule has 0 aromatic heterocycles. The van der Waals surface area contributed by atoms with E-state index >= 15 is 0 Å². The number of piperidine rings is 1. The molecule has 0 saturated carbocycles. The molecule has 4 rings (SSSR count). The van der Waals surface area contributed by atoms with E-state index in [0.717, 1.165) is 18.9 Å². The first-order chi connectivity index (χ1) is 10.5. The Morgan fingerprint density at radius 1 is 1.14 bits per heavy atom. The minimum atomic E-state index is -1.10. The van der Waals surface area contributed by atoms with Gasteiger partial charge in [-0.05, 0) is 30.9 Å². The number of carbonyl (C=O) groups is 2. The molecule has 3 aliphatic rings. The van der Waals surface area contributed by atoms with Crippen LogP contribution in [0.2, 0.25) is 0 Å². The first-order valence-corrected chi connectivity index (χ1v) is 7.48. The molecule has 3 heterocycles. The zero-order valence-corrected chi connectivity index (χ0v) is 12.4. The Morgan fingerprint density at radius 2 is 1.91 bits per heavy atom. The van der Waals surface area contributed by atoms with Gasteiger partial charge in [-0.3, -0.25) is 9.59 Å². The zero-order valence-electron chi connectivity index (χ0n) is 12.4. The molecule has 0 N–H and O–H groups in total. The maximum absolute atomic E-state index is 13.9. The van der Waals surface area contributed by atoms with Crippen molar-refractivity contribution < 1.29 is 18.4 Å². The van der Waals surface area contributed by atoms with Gasteiger partial charge in [0, 0.05) is 32.6 Å². The molecule has 1 aromatic rings. The van der Waals surface area contributed by atoms with Gasteiger partial charge in [0.15, 0.2) is 11.6 Å². The topological polar surface area (TPSA) is 40.6 Å². The smallest absolute Gasteiger partial charge is 0.257 e. The molecule has 6 heteroatoms. The molecule has 0 radical (unpaired) electrons. The molecule has 0 aliphatic carbocycles. The van der Waals surface area contributed by atoms with E-state index in [9.17, 15) is 18.4 Å². The van der Waals surface area contributed by atoms with Crippen molar-refractivity contribution in [1.82, 2.24) is 9.80 Å². The third-order valence-corrected chi connectivity index (χ3v) is 4.60. The number of fused-ring (bicyclic) bond motifs is 4. The summed E-state index contributed by atoms with van der Waals surface area (Å²) in [6.07, 6.45) is 1.74. The summed E-state index contributed by atoms with van der Waals surface area (Å²) in [5.74, 6) is -2.42. The van der Waals surface area contributed by atoms with E-state index in [2.05, 4.69) is 0 Å². The van der Waals surface area contributed by atoms with E-state index in [0.29, 0.717) is 19.6 Å². The number of rotatable bonds is 1. The van der Waals surface area contributed by atoms with Gasteiger partial charge in [0.1, 0.15) is 0 Å². The van der Waals surface area contributed by atoms with Crippen LogP contribution in [0.3, 0.4) is 0 Å². The Bertz CT molecular complexity index is 620. The second-order valence-corrected chi connectivity index (χ2v) is 6.08. The molecular formula is C16H18F2N2O2. The molecule has 2 bridgehead atoms. The molecule has 3 aliphatic heterocycles. The number of benzene rings is 1. The van der Waals surface area contributed by atoms with Gasteiger partial charge in [-0.25, -0.2) is 8.78 Å². The average molecular weight is 308 g/mol. The molecule has 22 heavy (non-hydrogen) atoms. The van der Waals surface area contributed by atoms with Gasteiger partial charge >= 0.3 is 0 Å². The first-order valence-electron chi connectivity index (χ1n) is 7.48. The SMILES string of the molecule is CC(=O)N1C[C@H]2CC[C@@H](C1)N(C(=O)c1cccc(F)c1F)C2. The van der Waals surface area contributed by atoms with Gasteiger partial charge in [-0.1, -0.05) is 6.07 Å². The average Bonchev–Trinajstić information content (AvgIpc) is 2.81. The van der Waals surface area contributed by atoms with Crippen LogP contribution in [0.1, 0.15) is 30.1 Å². The van der Waals surface area contributed by atoms with Crippen molar-refractivity contribution in [3.05, 3.63) is 35.4 Å². The Balaban J connectivity index is 1.87. The molecule has 118 valence electrons. The van der Waals surface area contributed by atoms with Crippen LogP contribution in [-0.2, 0) is 4.79 Å². The number of hydrogen-bond acceptors (Lipinski definition) is 2. The first kappa shape index (κ1) is 14.9. The fourth-order valence-electron chi connectivity index (χ4n) is 3.41. The number of amides is 2. The van der Waals surface area contributed by atoms with Gasteiger partial charge in [0.05, 0.1) is 5.56 Å². The van der Waals surface area contributed by atoms with E-state index in [1.165, 1.54) is 19.1 Å². The van der Waals surface area contributed by atoms with Gasteiger partial charge in [0.2, 0.25) is 5.91 Å². The highest BCUT2D eigenvalue weighted by Crippen LogP contribution is 2.29. The molecule has 0 spiro atoms. The van der Waals surface area contributed by atoms with Crippen LogP contribution in [0.4, 0.5) is 8.78 Å². The Labute approximate surface area is 127 Å². The lowest BCUT2D eigenvalue weighted by molar-refractivity contribution is -0.129. The maximum atomic E-state index is 13.9. The summed E-state index contributed by atoms with van der Waals surface area (Å²) in [4.78, 5) is 27.6. The minimum Gasteiger partial charge on any atom is -0.341 e. The van der Waals surface area contributed by atoms with Crippen molar-refractivity contribution in [2.24, 2.45) is 5.92 Å². The quantitative estimate of drug-likeness (QED) is 0.797. The summed E-state index contributed by atoms with van der Waals surface area (Å²) in [5, 5.41) is 0. The predicted octanol–water partition coefficient (Wildman–Crippen LogP) is 2.05. The Kier molecular flexibility index (Phi) is 3.85. The highest BCUT2D eigenvalue weighted by molar-refractivity contribution is 5.95. The van der Waals surface area contributed by atoms with E-state index in [1.807, 2.05) is 0 Å². The summed E-state index contributed by atoms with van der Waals surface area (Å²) in [5.41, 5.74) is -0.234. The van der Waals surface area contributed by atoms with Crippen LogP contribution < -0.4 is 0 Å². The third-order valence-electron chi connectivity index (χ3n) is 4.60. The van der Waals surface area contributed by atoms with Crippen LogP contribution in [0, 0.1) is 17.6 Å². The summed E-state index contributed by atoms with van der Waals surface area (Å²) in [7, 11) is 0. The molecule has 2 atom stereocenters. The van der Waals surface area contributed by atoms with Crippen molar-refractivity contribution in [2.75, 3.05) is 19.6 Å². The van der Waals surface area contributed by atoms with E-state index < -0.39 is 17.5 Å². The van der Waals surface area contributed by atoms with E-state index in [-0.39, 0.29) is 23.4 Å². The third kappa shape index (κ3) is 2.58. The van der Waals surface area contributed by atoms with Crippen LogP contribution >= 0.6 is 0 Å². The van der Waals surface area contributed by atoms with Gasteiger partial charge in [-0.2, -0.15) is 0 Å².